The van der Waals surface area contributed by atoms with E-state index in [4.69, 9.17) is 0 Å². The Balaban J connectivity index is 2.16. The second kappa shape index (κ2) is 7.93. The van der Waals surface area contributed by atoms with E-state index < -0.39 is 0 Å². The van der Waals surface area contributed by atoms with Crippen LogP contribution in [-0.4, -0.2) is 28.3 Å². The molecule has 0 fully saturated rings. The molecule has 0 aliphatic rings. The van der Waals surface area contributed by atoms with E-state index in [2.05, 4.69) is 55.2 Å². The zero-order valence-corrected chi connectivity index (χ0v) is 14.0. The maximum absolute atomic E-state index is 4.56. The molecule has 0 aliphatic heterocycles. The van der Waals surface area contributed by atoms with Crippen molar-refractivity contribution in [2.45, 2.75) is 26.7 Å². The highest BCUT2D eigenvalue weighted by molar-refractivity contribution is 9.10. The molecule has 0 bridgehead atoms. The SMILES string of the molecule is CCCN(CCC)c1nncc(Nc2cccc(Br)c2)n1. The van der Waals surface area contributed by atoms with Crippen molar-refractivity contribution in [3.8, 4) is 0 Å². The number of nitrogens with zero attached hydrogens (tertiary/aromatic N) is 4. The van der Waals surface area contributed by atoms with Crippen molar-refractivity contribution in [2.75, 3.05) is 23.3 Å². The monoisotopic (exact) mass is 349 g/mol. The molecular weight excluding hydrogens is 330 g/mol. The molecule has 1 aromatic carbocycles. The number of halogens is 1. The van der Waals surface area contributed by atoms with Crippen molar-refractivity contribution in [3.63, 3.8) is 0 Å². The topological polar surface area (TPSA) is 53.9 Å². The zero-order valence-electron chi connectivity index (χ0n) is 12.4. The summed E-state index contributed by atoms with van der Waals surface area (Å²) in [5.41, 5.74) is 0.966. The molecular formula is C15H20BrN5. The molecule has 0 amide bonds. The molecule has 21 heavy (non-hydrogen) atoms. The molecule has 0 saturated heterocycles. The third-order valence-corrected chi connectivity index (χ3v) is 3.41. The molecule has 0 unspecified atom stereocenters. The predicted molar refractivity (Wildman–Crippen MR) is 90.0 cm³/mol. The van der Waals surface area contributed by atoms with Crippen molar-refractivity contribution >= 4 is 33.4 Å². The van der Waals surface area contributed by atoms with E-state index in [0.29, 0.717) is 11.8 Å². The molecule has 0 atom stereocenters. The molecule has 2 aromatic rings. The van der Waals surface area contributed by atoms with Crippen LogP contribution in [0.2, 0.25) is 0 Å². The van der Waals surface area contributed by atoms with Crippen LogP contribution in [-0.2, 0) is 0 Å². The molecule has 6 heteroatoms. The van der Waals surface area contributed by atoms with Crippen LogP contribution in [0.3, 0.4) is 0 Å². The second-order valence-corrected chi connectivity index (χ2v) is 5.68. The van der Waals surface area contributed by atoms with Crippen molar-refractivity contribution < 1.29 is 0 Å². The van der Waals surface area contributed by atoms with Crippen LogP contribution in [0.25, 0.3) is 0 Å². The summed E-state index contributed by atoms with van der Waals surface area (Å²) in [7, 11) is 0. The number of hydrogen-bond acceptors (Lipinski definition) is 5. The number of rotatable bonds is 7. The van der Waals surface area contributed by atoms with E-state index in [0.717, 1.165) is 36.1 Å². The summed E-state index contributed by atoms with van der Waals surface area (Å²) in [6, 6.07) is 7.95. The van der Waals surface area contributed by atoms with Crippen LogP contribution < -0.4 is 10.2 Å². The van der Waals surface area contributed by atoms with E-state index in [1.807, 2.05) is 24.3 Å². The minimum Gasteiger partial charge on any atom is -0.339 e. The van der Waals surface area contributed by atoms with Crippen molar-refractivity contribution in [1.82, 2.24) is 15.2 Å². The summed E-state index contributed by atoms with van der Waals surface area (Å²) < 4.78 is 1.02. The van der Waals surface area contributed by atoms with E-state index in [1.54, 1.807) is 6.20 Å². The van der Waals surface area contributed by atoms with E-state index in [-0.39, 0.29) is 0 Å². The van der Waals surface area contributed by atoms with Gasteiger partial charge >= 0.3 is 0 Å². The molecule has 2 rings (SSSR count). The summed E-state index contributed by atoms with van der Waals surface area (Å²) in [6.07, 6.45) is 3.76. The Hall–Kier alpha value is -1.69. The van der Waals surface area contributed by atoms with Gasteiger partial charge in [-0.3, -0.25) is 0 Å². The Kier molecular flexibility index (Phi) is 5.92. The Morgan fingerprint density at radius 2 is 1.95 bits per heavy atom. The van der Waals surface area contributed by atoms with Gasteiger partial charge in [0, 0.05) is 23.2 Å². The van der Waals surface area contributed by atoms with Gasteiger partial charge in [0.15, 0.2) is 5.82 Å². The summed E-state index contributed by atoms with van der Waals surface area (Å²) in [5.74, 6) is 1.38. The molecule has 1 heterocycles. The molecule has 1 N–H and O–H groups in total. The number of benzene rings is 1. The standard InChI is InChI=1S/C15H20BrN5/c1-3-8-21(9-4-2)15-19-14(11-17-20-15)18-13-7-5-6-12(16)10-13/h5-7,10-11H,3-4,8-9H2,1-2H3,(H,18,19,20). The van der Waals surface area contributed by atoms with Crippen LogP contribution in [0.1, 0.15) is 26.7 Å². The lowest BCUT2D eigenvalue weighted by Gasteiger charge is -2.21. The van der Waals surface area contributed by atoms with E-state index in [9.17, 15) is 0 Å². The lowest BCUT2D eigenvalue weighted by Crippen LogP contribution is -2.27. The van der Waals surface area contributed by atoms with Crippen LogP contribution in [0.4, 0.5) is 17.5 Å². The average molecular weight is 350 g/mol. The first-order valence-corrected chi connectivity index (χ1v) is 7.99. The molecule has 0 aliphatic carbocycles. The molecule has 5 nitrogen and oxygen atoms in total. The van der Waals surface area contributed by atoms with Gasteiger partial charge in [0.1, 0.15) is 0 Å². The highest BCUT2D eigenvalue weighted by Crippen LogP contribution is 2.19. The minimum atomic E-state index is 0.679. The Morgan fingerprint density at radius 1 is 1.19 bits per heavy atom. The Morgan fingerprint density at radius 3 is 2.62 bits per heavy atom. The summed E-state index contributed by atoms with van der Waals surface area (Å²) >= 11 is 3.46. The maximum atomic E-state index is 4.56. The summed E-state index contributed by atoms with van der Waals surface area (Å²) in [5, 5.41) is 11.5. The first-order chi connectivity index (χ1) is 10.2. The van der Waals surface area contributed by atoms with Crippen molar-refractivity contribution in [1.29, 1.82) is 0 Å². The van der Waals surface area contributed by atoms with Crippen LogP contribution in [0.15, 0.2) is 34.9 Å². The fourth-order valence-corrected chi connectivity index (χ4v) is 2.45. The second-order valence-electron chi connectivity index (χ2n) is 4.76. The first-order valence-electron chi connectivity index (χ1n) is 7.20. The van der Waals surface area contributed by atoms with Crippen LogP contribution in [0.5, 0.6) is 0 Å². The van der Waals surface area contributed by atoms with Gasteiger partial charge in [-0.1, -0.05) is 35.8 Å². The van der Waals surface area contributed by atoms with Crippen LogP contribution >= 0.6 is 15.9 Å². The van der Waals surface area contributed by atoms with Gasteiger partial charge < -0.3 is 10.2 Å². The number of aromatic nitrogens is 3. The molecule has 0 saturated carbocycles. The molecule has 112 valence electrons. The largest absolute Gasteiger partial charge is 0.339 e. The van der Waals surface area contributed by atoms with E-state index in [1.165, 1.54) is 0 Å². The number of anilines is 3. The van der Waals surface area contributed by atoms with Gasteiger partial charge in [-0.05, 0) is 31.0 Å². The Labute approximate surface area is 133 Å². The van der Waals surface area contributed by atoms with Crippen molar-refractivity contribution in [3.05, 3.63) is 34.9 Å². The third kappa shape index (κ3) is 4.67. The third-order valence-electron chi connectivity index (χ3n) is 2.91. The predicted octanol–water partition coefficient (Wildman–Crippen LogP) is 4.00. The highest BCUT2D eigenvalue weighted by atomic mass is 79.9. The number of nitrogens with one attached hydrogen (secondary N) is 1. The average Bonchev–Trinajstić information content (AvgIpc) is 2.47. The lowest BCUT2D eigenvalue weighted by molar-refractivity contribution is 0.711. The molecule has 0 spiro atoms. The fraction of sp³-hybridized carbons (Fsp3) is 0.400. The minimum absolute atomic E-state index is 0.679. The smallest absolute Gasteiger partial charge is 0.247 e. The first kappa shape index (κ1) is 15.7. The number of hydrogen-bond donors (Lipinski definition) is 1. The summed E-state index contributed by atoms with van der Waals surface area (Å²) in [6.45, 7) is 6.19. The normalized spacial score (nSPS) is 10.4. The van der Waals surface area contributed by atoms with Gasteiger partial charge in [-0.25, -0.2) is 0 Å². The maximum Gasteiger partial charge on any atom is 0.247 e. The van der Waals surface area contributed by atoms with Gasteiger partial charge in [-0.2, -0.15) is 10.1 Å². The van der Waals surface area contributed by atoms with Gasteiger partial charge in [0.25, 0.3) is 0 Å². The summed E-state index contributed by atoms with van der Waals surface area (Å²) in [4.78, 5) is 6.73. The zero-order chi connectivity index (χ0) is 15.1. The highest BCUT2D eigenvalue weighted by Gasteiger charge is 2.09. The van der Waals surface area contributed by atoms with Gasteiger partial charge in [-0.15, -0.1) is 5.10 Å². The van der Waals surface area contributed by atoms with Gasteiger partial charge in [0.05, 0.1) is 6.20 Å². The van der Waals surface area contributed by atoms with Gasteiger partial charge in [0.2, 0.25) is 5.95 Å². The lowest BCUT2D eigenvalue weighted by atomic mass is 10.3. The Bertz CT molecular complexity index is 569. The molecule has 1 aromatic heterocycles. The van der Waals surface area contributed by atoms with E-state index >= 15 is 0 Å². The fourth-order valence-electron chi connectivity index (χ4n) is 2.05. The van der Waals surface area contributed by atoms with Crippen molar-refractivity contribution in [2.24, 2.45) is 0 Å². The quantitative estimate of drug-likeness (QED) is 0.818. The van der Waals surface area contributed by atoms with Crippen LogP contribution in [0, 0.1) is 0 Å². The molecule has 0 radical (unpaired) electrons.